The van der Waals surface area contributed by atoms with E-state index in [0.29, 0.717) is 6.54 Å². The second kappa shape index (κ2) is 7.31. The lowest BCUT2D eigenvalue weighted by molar-refractivity contribution is -0.125. The lowest BCUT2D eigenvalue weighted by Crippen LogP contribution is -2.41. The van der Waals surface area contributed by atoms with Crippen LogP contribution in [0.15, 0.2) is 29.2 Å². The van der Waals surface area contributed by atoms with Gasteiger partial charge in [-0.3, -0.25) is 4.79 Å². The molecule has 0 saturated carbocycles. The summed E-state index contributed by atoms with van der Waals surface area (Å²) in [5.41, 5.74) is 5.12. The first kappa shape index (κ1) is 18.4. The van der Waals surface area contributed by atoms with Crippen molar-refractivity contribution in [1.29, 1.82) is 0 Å². The second-order valence-corrected chi connectivity index (χ2v) is 7.83. The molecule has 1 heterocycles. The SMILES string of the molecule is CC(OC(=O)c1cccc(S(=O)(=O)N2CCCCC2C)c1)C(N)=O. The Kier molecular flexibility index (Phi) is 5.61. The van der Waals surface area contributed by atoms with Gasteiger partial charge in [0.25, 0.3) is 5.91 Å². The summed E-state index contributed by atoms with van der Waals surface area (Å²) in [6.45, 7) is 3.70. The first-order chi connectivity index (χ1) is 11.2. The summed E-state index contributed by atoms with van der Waals surface area (Å²) in [5, 5.41) is 0. The van der Waals surface area contributed by atoms with Crippen LogP contribution in [0.5, 0.6) is 0 Å². The van der Waals surface area contributed by atoms with Crippen molar-refractivity contribution in [1.82, 2.24) is 4.31 Å². The largest absolute Gasteiger partial charge is 0.449 e. The van der Waals surface area contributed by atoms with Gasteiger partial charge >= 0.3 is 5.97 Å². The van der Waals surface area contributed by atoms with Gasteiger partial charge in [-0.15, -0.1) is 0 Å². The molecule has 8 heteroatoms. The summed E-state index contributed by atoms with van der Waals surface area (Å²) < 4.78 is 32.0. The van der Waals surface area contributed by atoms with Gasteiger partial charge in [-0.05, 0) is 44.9 Å². The van der Waals surface area contributed by atoms with E-state index in [4.69, 9.17) is 10.5 Å². The third-order valence-electron chi connectivity index (χ3n) is 4.10. The van der Waals surface area contributed by atoms with Crippen LogP contribution in [0.1, 0.15) is 43.5 Å². The van der Waals surface area contributed by atoms with Crippen molar-refractivity contribution >= 4 is 21.9 Å². The van der Waals surface area contributed by atoms with E-state index >= 15 is 0 Å². The molecule has 132 valence electrons. The molecule has 1 amide bonds. The van der Waals surface area contributed by atoms with E-state index in [0.717, 1.165) is 19.3 Å². The van der Waals surface area contributed by atoms with Crippen LogP contribution >= 0.6 is 0 Å². The van der Waals surface area contributed by atoms with Gasteiger partial charge < -0.3 is 10.5 Å². The van der Waals surface area contributed by atoms with Crippen LogP contribution < -0.4 is 5.73 Å². The molecular formula is C16H22N2O5S. The number of nitrogens with zero attached hydrogens (tertiary/aromatic N) is 1. The summed E-state index contributed by atoms with van der Waals surface area (Å²) in [5.74, 6) is -1.56. The highest BCUT2D eigenvalue weighted by atomic mass is 32.2. The van der Waals surface area contributed by atoms with Crippen LogP contribution in [-0.4, -0.2) is 43.3 Å². The zero-order chi connectivity index (χ0) is 17.9. The first-order valence-electron chi connectivity index (χ1n) is 7.85. The standard InChI is InChI=1S/C16H22N2O5S/c1-11-6-3-4-9-18(11)24(21,22)14-8-5-7-13(10-14)16(20)23-12(2)15(17)19/h5,7-8,10-12H,3-4,6,9H2,1-2H3,(H2,17,19). The predicted octanol–water partition coefficient (Wildman–Crippen LogP) is 1.28. The van der Waals surface area contributed by atoms with E-state index in [1.165, 1.54) is 35.5 Å². The smallest absolute Gasteiger partial charge is 0.338 e. The number of rotatable bonds is 5. The molecular weight excluding hydrogens is 332 g/mol. The molecule has 1 aromatic rings. The van der Waals surface area contributed by atoms with Gasteiger partial charge in [0.15, 0.2) is 6.10 Å². The molecule has 2 N–H and O–H groups in total. The fourth-order valence-corrected chi connectivity index (χ4v) is 4.38. The normalized spacial score (nSPS) is 20.3. The molecule has 24 heavy (non-hydrogen) atoms. The molecule has 0 bridgehead atoms. The number of carbonyl (C=O) groups excluding carboxylic acids is 2. The highest BCUT2D eigenvalue weighted by Gasteiger charge is 2.31. The van der Waals surface area contributed by atoms with Crippen LogP contribution in [0.25, 0.3) is 0 Å². The van der Waals surface area contributed by atoms with E-state index in [2.05, 4.69) is 0 Å². The number of nitrogens with two attached hydrogens (primary N) is 1. The molecule has 2 unspecified atom stereocenters. The minimum absolute atomic E-state index is 0.0393. The summed E-state index contributed by atoms with van der Waals surface area (Å²) >= 11 is 0. The minimum Gasteiger partial charge on any atom is -0.449 e. The average Bonchev–Trinajstić information content (AvgIpc) is 2.55. The molecule has 1 aliphatic rings. The number of benzene rings is 1. The van der Waals surface area contributed by atoms with Crippen molar-refractivity contribution in [2.75, 3.05) is 6.54 Å². The van der Waals surface area contributed by atoms with Crippen LogP contribution in [0.3, 0.4) is 0 Å². The highest BCUT2D eigenvalue weighted by molar-refractivity contribution is 7.89. The van der Waals surface area contributed by atoms with Crippen LogP contribution in [-0.2, 0) is 19.6 Å². The lowest BCUT2D eigenvalue weighted by Gasteiger charge is -2.32. The number of hydrogen-bond donors (Lipinski definition) is 1. The first-order valence-corrected chi connectivity index (χ1v) is 9.29. The third kappa shape index (κ3) is 3.93. The maximum absolute atomic E-state index is 12.8. The Morgan fingerprint density at radius 3 is 2.67 bits per heavy atom. The molecule has 1 fully saturated rings. The maximum atomic E-state index is 12.8. The molecule has 1 aliphatic heterocycles. The number of carbonyl (C=O) groups is 2. The Morgan fingerprint density at radius 2 is 2.04 bits per heavy atom. The Balaban J connectivity index is 2.26. The molecule has 0 aliphatic carbocycles. The Bertz CT molecular complexity index is 732. The van der Waals surface area contributed by atoms with Gasteiger partial charge in [0, 0.05) is 12.6 Å². The van der Waals surface area contributed by atoms with E-state index in [9.17, 15) is 18.0 Å². The van der Waals surface area contributed by atoms with Crippen LogP contribution in [0.4, 0.5) is 0 Å². The highest BCUT2D eigenvalue weighted by Crippen LogP contribution is 2.25. The van der Waals surface area contributed by atoms with Crippen molar-refractivity contribution in [2.24, 2.45) is 5.73 Å². The molecule has 2 atom stereocenters. The summed E-state index contributed by atoms with van der Waals surface area (Å²) in [4.78, 5) is 23.1. The number of amides is 1. The van der Waals surface area contributed by atoms with Crippen LogP contribution in [0.2, 0.25) is 0 Å². The number of ether oxygens (including phenoxy) is 1. The number of primary amides is 1. The molecule has 0 aromatic heterocycles. The van der Waals surface area contributed by atoms with E-state index in [-0.39, 0.29) is 16.5 Å². The number of piperidine rings is 1. The van der Waals surface area contributed by atoms with Gasteiger partial charge in [0.2, 0.25) is 10.0 Å². The molecule has 1 saturated heterocycles. The van der Waals surface area contributed by atoms with Crippen LogP contribution in [0, 0.1) is 0 Å². The zero-order valence-corrected chi connectivity index (χ0v) is 14.6. The number of esters is 1. The van der Waals surface area contributed by atoms with Gasteiger partial charge in [0.1, 0.15) is 0 Å². The molecule has 0 radical (unpaired) electrons. The summed E-state index contributed by atoms with van der Waals surface area (Å²) in [6.07, 6.45) is 1.56. The fourth-order valence-electron chi connectivity index (χ4n) is 2.63. The van der Waals surface area contributed by atoms with Gasteiger partial charge in [-0.1, -0.05) is 12.5 Å². The fraction of sp³-hybridized carbons (Fsp3) is 0.500. The average molecular weight is 354 g/mol. The Morgan fingerprint density at radius 1 is 1.33 bits per heavy atom. The summed E-state index contributed by atoms with van der Waals surface area (Å²) in [7, 11) is -3.68. The topological polar surface area (TPSA) is 107 Å². The molecule has 2 rings (SSSR count). The second-order valence-electron chi connectivity index (χ2n) is 5.94. The van der Waals surface area contributed by atoms with E-state index in [1.54, 1.807) is 0 Å². The Hall–Kier alpha value is -1.93. The molecule has 0 spiro atoms. The number of hydrogen-bond acceptors (Lipinski definition) is 5. The third-order valence-corrected chi connectivity index (χ3v) is 6.11. The minimum atomic E-state index is -3.68. The van der Waals surface area contributed by atoms with Gasteiger partial charge in [-0.2, -0.15) is 4.31 Å². The lowest BCUT2D eigenvalue weighted by atomic mass is 10.1. The van der Waals surface area contributed by atoms with Gasteiger partial charge in [-0.25, -0.2) is 13.2 Å². The zero-order valence-electron chi connectivity index (χ0n) is 13.8. The van der Waals surface area contributed by atoms with Crippen molar-refractivity contribution in [3.8, 4) is 0 Å². The quantitative estimate of drug-likeness (QED) is 0.802. The summed E-state index contributed by atoms with van der Waals surface area (Å²) in [6, 6.07) is 5.56. The van der Waals surface area contributed by atoms with Crippen molar-refractivity contribution < 1.29 is 22.7 Å². The predicted molar refractivity (Wildman–Crippen MR) is 87.7 cm³/mol. The van der Waals surface area contributed by atoms with Crippen molar-refractivity contribution in [3.05, 3.63) is 29.8 Å². The molecule has 7 nitrogen and oxygen atoms in total. The molecule has 1 aromatic carbocycles. The Labute approximate surface area is 141 Å². The van der Waals surface area contributed by atoms with E-state index in [1.807, 2.05) is 6.92 Å². The maximum Gasteiger partial charge on any atom is 0.338 e. The number of sulfonamides is 1. The monoisotopic (exact) mass is 354 g/mol. The van der Waals surface area contributed by atoms with E-state index < -0.39 is 28.0 Å². The van der Waals surface area contributed by atoms with Crippen molar-refractivity contribution in [2.45, 2.75) is 50.2 Å². The van der Waals surface area contributed by atoms with Crippen molar-refractivity contribution in [3.63, 3.8) is 0 Å². The van der Waals surface area contributed by atoms with Gasteiger partial charge in [0.05, 0.1) is 10.5 Å².